The molecular formula is C15H16Br2N2O. The molecule has 2 rings (SSSR count). The summed E-state index contributed by atoms with van der Waals surface area (Å²) in [6, 6.07) is 10.3. The summed E-state index contributed by atoms with van der Waals surface area (Å²) in [6.45, 7) is 2.83. The molecule has 0 spiro atoms. The third-order valence-electron chi connectivity index (χ3n) is 3.05. The fourth-order valence-corrected chi connectivity index (χ4v) is 2.98. The zero-order valence-electron chi connectivity index (χ0n) is 11.4. The monoisotopic (exact) mass is 398 g/mol. The summed E-state index contributed by atoms with van der Waals surface area (Å²) in [6.07, 6.45) is 1.80. The fourth-order valence-electron chi connectivity index (χ4n) is 1.85. The van der Waals surface area contributed by atoms with Gasteiger partial charge in [0, 0.05) is 27.7 Å². The van der Waals surface area contributed by atoms with Gasteiger partial charge in [0.2, 0.25) is 0 Å². The quantitative estimate of drug-likeness (QED) is 0.805. The minimum absolute atomic E-state index is 0.224. The van der Waals surface area contributed by atoms with Crippen LogP contribution in [0.25, 0.3) is 0 Å². The number of pyridine rings is 1. The Hall–Kier alpha value is -0.910. The molecule has 0 bridgehead atoms. The SMILES string of the molecule is COc1cccc([C@H](C)NCc2ncc(Br)cc2Br)c1. The standard InChI is InChI=1S/C15H16Br2N2O/c1-10(11-4-3-5-13(6-11)20-2)18-9-15-14(17)7-12(16)8-19-15/h3-8,10,18H,9H2,1-2H3/t10-/m0/s1. The molecule has 0 fully saturated rings. The molecule has 3 nitrogen and oxygen atoms in total. The van der Waals surface area contributed by atoms with Crippen LogP contribution in [0, 0.1) is 0 Å². The Balaban J connectivity index is 2.02. The number of methoxy groups -OCH3 is 1. The summed E-state index contributed by atoms with van der Waals surface area (Å²) in [5.41, 5.74) is 2.18. The van der Waals surface area contributed by atoms with Crippen molar-refractivity contribution in [2.24, 2.45) is 0 Å². The molecule has 0 saturated heterocycles. The van der Waals surface area contributed by atoms with Gasteiger partial charge >= 0.3 is 0 Å². The number of hydrogen-bond donors (Lipinski definition) is 1. The van der Waals surface area contributed by atoms with Gasteiger partial charge in [-0.3, -0.25) is 4.98 Å². The van der Waals surface area contributed by atoms with Crippen molar-refractivity contribution in [3.8, 4) is 5.75 Å². The number of halogens is 2. The van der Waals surface area contributed by atoms with Gasteiger partial charge in [0.15, 0.2) is 0 Å². The molecule has 5 heteroatoms. The van der Waals surface area contributed by atoms with Crippen LogP contribution < -0.4 is 10.1 Å². The molecule has 0 saturated carbocycles. The van der Waals surface area contributed by atoms with Gasteiger partial charge in [0.25, 0.3) is 0 Å². The summed E-state index contributed by atoms with van der Waals surface area (Å²) >= 11 is 6.93. The Labute approximate surface area is 136 Å². The lowest BCUT2D eigenvalue weighted by Crippen LogP contribution is -2.19. The summed E-state index contributed by atoms with van der Waals surface area (Å²) < 4.78 is 7.21. The molecule has 0 aliphatic heterocycles. The van der Waals surface area contributed by atoms with Crippen molar-refractivity contribution in [1.29, 1.82) is 0 Å². The van der Waals surface area contributed by atoms with Crippen LogP contribution in [0.1, 0.15) is 24.2 Å². The highest BCUT2D eigenvalue weighted by atomic mass is 79.9. The summed E-state index contributed by atoms with van der Waals surface area (Å²) in [5.74, 6) is 0.874. The zero-order valence-corrected chi connectivity index (χ0v) is 14.5. The van der Waals surface area contributed by atoms with E-state index < -0.39 is 0 Å². The van der Waals surface area contributed by atoms with Crippen molar-refractivity contribution in [2.45, 2.75) is 19.5 Å². The van der Waals surface area contributed by atoms with E-state index in [-0.39, 0.29) is 6.04 Å². The van der Waals surface area contributed by atoms with Crippen LogP contribution in [0.15, 0.2) is 45.5 Å². The second-order valence-corrected chi connectivity index (χ2v) is 6.23. The first-order chi connectivity index (χ1) is 9.60. The van der Waals surface area contributed by atoms with Crippen molar-refractivity contribution < 1.29 is 4.74 Å². The molecular weight excluding hydrogens is 384 g/mol. The first kappa shape index (κ1) is 15.5. The van der Waals surface area contributed by atoms with Crippen LogP contribution in [-0.4, -0.2) is 12.1 Å². The van der Waals surface area contributed by atoms with E-state index in [4.69, 9.17) is 4.74 Å². The van der Waals surface area contributed by atoms with Crippen LogP contribution in [0.5, 0.6) is 5.75 Å². The van der Waals surface area contributed by atoms with Crippen molar-refractivity contribution in [3.63, 3.8) is 0 Å². The Morgan fingerprint density at radius 2 is 2.10 bits per heavy atom. The van der Waals surface area contributed by atoms with E-state index >= 15 is 0 Å². The van der Waals surface area contributed by atoms with Gasteiger partial charge in [-0.1, -0.05) is 12.1 Å². The number of nitrogens with zero attached hydrogens (tertiary/aromatic N) is 1. The molecule has 0 aliphatic rings. The maximum atomic E-state index is 5.25. The van der Waals surface area contributed by atoms with Gasteiger partial charge in [-0.15, -0.1) is 0 Å². The lowest BCUT2D eigenvalue weighted by atomic mass is 10.1. The number of nitrogens with one attached hydrogen (secondary N) is 1. The Morgan fingerprint density at radius 1 is 1.30 bits per heavy atom. The van der Waals surface area contributed by atoms with Crippen LogP contribution >= 0.6 is 31.9 Å². The smallest absolute Gasteiger partial charge is 0.119 e. The predicted molar refractivity (Wildman–Crippen MR) is 87.9 cm³/mol. The highest BCUT2D eigenvalue weighted by Gasteiger charge is 2.08. The maximum Gasteiger partial charge on any atom is 0.119 e. The lowest BCUT2D eigenvalue weighted by molar-refractivity contribution is 0.413. The lowest BCUT2D eigenvalue weighted by Gasteiger charge is -2.15. The molecule has 20 heavy (non-hydrogen) atoms. The highest BCUT2D eigenvalue weighted by Crippen LogP contribution is 2.22. The minimum atomic E-state index is 0.224. The third-order valence-corrected chi connectivity index (χ3v) is 4.17. The first-order valence-electron chi connectivity index (χ1n) is 6.27. The van der Waals surface area contributed by atoms with Crippen LogP contribution in [0.3, 0.4) is 0 Å². The van der Waals surface area contributed by atoms with Crippen LogP contribution in [-0.2, 0) is 6.54 Å². The molecule has 0 amide bonds. The first-order valence-corrected chi connectivity index (χ1v) is 7.86. The zero-order chi connectivity index (χ0) is 14.5. The normalized spacial score (nSPS) is 12.2. The van der Waals surface area contributed by atoms with Crippen molar-refractivity contribution in [1.82, 2.24) is 10.3 Å². The Kier molecular flexibility index (Phi) is 5.57. The second kappa shape index (κ2) is 7.20. The number of rotatable bonds is 5. The molecule has 106 valence electrons. The van der Waals surface area contributed by atoms with Gasteiger partial charge in [-0.25, -0.2) is 0 Å². The molecule has 0 radical (unpaired) electrons. The molecule has 2 aromatic rings. The Morgan fingerprint density at radius 3 is 2.80 bits per heavy atom. The maximum absolute atomic E-state index is 5.25. The van der Waals surface area contributed by atoms with E-state index in [1.807, 2.05) is 24.3 Å². The number of benzene rings is 1. The molecule has 1 N–H and O–H groups in total. The molecule has 0 aliphatic carbocycles. The molecule has 1 heterocycles. The molecule has 1 aromatic carbocycles. The van der Waals surface area contributed by atoms with E-state index in [0.717, 1.165) is 20.4 Å². The predicted octanol–water partition coefficient (Wildman–Crippen LogP) is 4.47. The van der Waals surface area contributed by atoms with Gasteiger partial charge in [0.1, 0.15) is 5.75 Å². The van der Waals surface area contributed by atoms with E-state index in [9.17, 15) is 0 Å². The number of aromatic nitrogens is 1. The molecule has 0 unspecified atom stereocenters. The van der Waals surface area contributed by atoms with E-state index in [1.165, 1.54) is 5.56 Å². The highest BCUT2D eigenvalue weighted by molar-refractivity contribution is 9.11. The number of ether oxygens (including phenoxy) is 1. The summed E-state index contributed by atoms with van der Waals surface area (Å²) in [7, 11) is 1.68. The topological polar surface area (TPSA) is 34.1 Å². The molecule has 1 aromatic heterocycles. The average molecular weight is 400 g/mol. The van der Waals surface area contributed by atoms with Crippen molar-refractivity contribution in [2.75, 3.05) is 7.11 Å². The molecule has 1 atom stereocenters. The fraction of sp³-hybridized carbons (Fsp3) is 0.267. The largest absolute Gasteiger partial charge is 0.497 e. The number of hydrogen-bond acceptors (Lipinski definition) is 3. The minimum Gasteiger partial charge on any atom is -0.497 e. The summed E-state index contributed by atoms with van der Waals surface area (Å²) in [4.78, 5) is 4.40. The van der Waals surface area contributed by atoms with Crippen LogP contribution in [0.4, 0.5) is 0 Å². The van der Waals surface area contributed by atoms with Gasteiger partial charge in [-0.05, 0) is 62.5 Å². The average Bonchev–Trinajstić information content (AvgIpc) is 2.46. The van der Waals surface area contributed by atoms with Crippen LogP contribution in [0.2, 0.25) is 0 Å². The second-order valence-electron chi connectivity index (χ2n) is 4.46. The Bertz CT molecular complexity index is 590. The van der Waals surface area contributed by atoms with E-state index in [2.05, 4.69) is 55.2 Å². The summed E-state index contributed by atoms with van der Waals surface area (Å²) in [5, 5.41) is 3.46. The van der Waals surface area contributed by atoms with Gasteiger partial charge in [0.05, 0.1) is 12.8 Å². The van der Waals surface area contributed by atoms with Crippen molar-refractivity contribution >= 4 is 31.9 Å². The van der Waals surface area contributed by atoms with Gasteiger partial charge < -0.3 is 10.1 Å². The van der Waals surface area contributed by atoms with Gasteiger partial charge in [-0.2, -0.15) is 0 Å². The third kappa shape index (κ3) is 4.04. The van der Waals surface area contributed by atoms with Crippen molar-refractivity contribution in [3.05, 3.63) is 56.7 Å². The van der Waals surface area contributed by atoms with E-state index in [1.54, 1.807) is 13.3 Å². The van der Waals surface area contributed by atoms with E-state index in [0.29, 0.717) is 6.54 Å².